The lowest BCUT2D eigenvalue weighted by atomic mass is 10.1. The lowest BCUT2D eigenvalue weighted by molar-refractivity contribution is 0.242. The van der Waals surface area contributed by atoms with Crippen LogP contribution in [0.2, 0.25) is 0 Å². The van der Waals surface area contributed by atoms with Gasteiger partial charge in [0.25, 0.3) is 0 Å². The Morgan fingerprint density at radius 2 is 2.00 bits per heavy atom. The lowest BCUT2D eigenvalue weighted by Crippen LogP contribution is -2.31. The molecule has 0 aliphatic carbocycles. The highest BCUT2D eigenvalue weighted by Gasteiger charge is 2.09. The molecule has 1 aliphatic rings. The zero-order chi connectivity index (χ0) is 13.6. The van der Waals surface area contributed by atoms with Gasteiger partial charge in [0.05, 0.1) is 4.88 Å². The maximum Gasteiger partial charge on any atom is 0.119 e. The van der Waals surface area contributed by atoms with Crippen molar-refractivity contribution in [2.45, 2.75) is 24.3 Å². The molecule has 0 aromatic carbocycles. The number of aromatic nitrogens is 2. The van der Waals surface area contributed by atoms with Crippen molar-refractivity contribution in [3.63, 3.8) is 0 Å². The second-order valence-corrected chi connectivity index (χ2v) is 7.05. The second kappa shape index (κ2) is 7.20. The summed E-state index contributed by atoms with van der Waals surface area (Å²) in [5.41, 5.74) is 0.973. The first-order chi connectivity index (χ1) is 9.92. The smallest absolute Gasteiger partial charge is 0.119 e. The van der Waals surface area contributed by atoms with Gasteiger partial charge in [0.15, 0.2) is 0 Å². The van der Waals surface area contributed by atoms with E-state index in [2.05, 4.69) is 38.7 Å². The summed E-state index contributed by atoms with van der Waals surface area (Å²) in [6.45, 7) is 3.70. The Balaban J connectivity index is 1.48. The fourth-order valence-electron chi connectivity index (χ4n) is 2.42. The van der Waals surface area contributed by atoms with Gasteiger partial charge in [-0.05, 0) is 49.5 Å². The van der Waals surface area contributed by atoms with Gasteiger partial charge in [-0.3, -0.25) is 0 Å². The van der Waals surface area contributed by atoms with Crippen LogP contribution in [0.15, 0.2) is 34.7 Å². The van der Waals surface area contributed by atoms with Gasteiger partial charge in [-0.1, -0.05) is 12.5 Å². The average molecular weight is 305 g/mol. The molecule has 1 aliphatic heterocycles. The predicted octanol–water partition coefficient (Wildman–Crippen LogP) is 3.78. The molecule has 1 saturated heterocycles. The summed E-state index contributed by atoms with van der Waals surface area (Å²) < 4.78 is 0. The summed E-state index contributed by atoms with van der Waals surface area (Å²) >= 11 is 3.51. The Morgan fingerprint density at radius 1 is 1.10 bits per heavy atom. The number of rotatable bonds is 5. The van der Waals surface area contributed by atoms with Gasteiger partial charge in [0, 0.05) is 12.3 Å². The molecule has 0 unspecified atom stereocenters. The molecule has 2 aromatic heterocycles. The van der Waals surface area contributed by atoms with Crippen LogP contribution in [0.25, 0.3) is 10.6 Å². The van der Waals surface area contributed by atoms with Crippen molar-refractivity contribution in [1.29, 1.82) is 0 Å². The molecule has 3 heterocycles. The maximum absolute atomic E-state index is 4.32. The predicted molar refractivity (Wildman–Crippen MR) is 86.4 cm³/mol. The number of thiophene rings is 1. The molecule has 0 atom stereocenters. The first-order valence-corrected chi connectivity index (χ1v) is 9.01. The van der Waals surface area contributed by atoms with E-state index in [0.29, 0.717) is 0 Å². The van der Waals surface area contributed by atoms with Gasteiger partial charge < -0.3 is 4.90 Å². The van der Waals surface area contributed by atoms with E-state index in [-0.39, 0.29) is 0 Å². The maximum atomic E-state index is 4.32. The largest absolute Gasteiger partial charge is 0.303 e. The molecule has 0 spiro atoms. The second-order valence-electron chi connectivity index (χ2n) is 4.98. The molecule has 0 bridgehead atoms. The topological polar surface area (TPSA) is 29.0 Å². The third kappa shape index (κ3) is 3.81. The molecule has 0 radical (unpaired) electrons. The average Bonchev–Trinajstić information content (AvgIpc) is 3.03. The molecule has 0 amide bonds. The van der Waals surface area contributed by atoms with Gasteiger partial charge in [-0.2, -0.15) is 0 Å². The lowest BCUT2D eigenvalue weighted by Gasteiger charge is -2.25. The number of nitrogens with zero attached hydrogens (tertiary/aromatic N) is 3. The first kappa shape index (κ1) is 14.0. The van der Waals surface area contributed by atoms with E-state index in [1.54, 1.807) is 11.3 Å². The minimum atomic E-state index is 0.973. The van der Waals surface area contributed by atoms with E-state index in [0.717, 1.165) is 16.5 Å². The number of hydrogen-bond donors (Lipinski definition) is 0. The first-order valence-electron chi connectivity index (χ1n) is 7.14. The van der Waals surface area contributed by atoms with E-state index in [4.69, 9.17) is 0 Å². The summed E-state index contributed by atoms with van der Waals surface area (Å²) in [4.78, 5) is 3.74. The normalized spacial score (nSPS) is 16.4. The molecule has 2 aromatic rings. The van der Waals surface area contributed by atoms with Crippen molar-refractivity contribution in [3.05, 3.63) is 29.6 Å². The third-order valence-electron chi connectivity index (χ3n) is 3.52. The molecule has 1 fully saturated rings. The zero-order valence-corrected chi connectivity index (χ0v) is 13.1. The standard InChI is InChI=1S/C15H19N3S2/c1-2-8-18(9-3-1)10-12-20-15-7-6-13(16-17-15)14-5-4-11-19-14/h4-7,11H,1-3,8-10,12H2. The van der Waals surface area contributed by atoms with Crippen LogP contribution in [0.3, 0.4) is 0 Å². The minimum absolute atomic E-state index is 0.973. The van der Waals surface area contributed by atoms with Gasteiger partial charge in [0.2, 0.25) is 0 Å². The third-order valence-corrected chi connectivity index (χ3v) is 5.31. The van der Waals surface area contributed by atoms with Crippen LogP contribution in [-0.4, -0.2) is 40.5 Å². The Labute approximate surface area is 128 Å². The molecule has 106 valence electrons. The fraction of sp³-hybridized carbons (Fsp3) is 0.467. The monoisotopic (exact) mass is 305 g/mol. The van der Waals surface area contributed by atoms with E-state index >= 15 is 0 Å². The van der Waals surface area contributed by atoms with Crippen molar-refractivity contribution in [1.82, 2.24) is 15.1 Å². The quantitative estimate of drug-likeness (QED) is 0.786. The Bertz CT molecular complexity index is 504. The fourth-order valence-corrected chi connectivity index (χ4v) is 3.93. The summed E-state index contributed by atoms with van der Waals surface area (Å²) in [6, 6.07) is 8.28. The van der Waals surface area contributed by atoms with Gasteiger partial charge in [0.1, 0.15) is 10.7 Å². The number of hydrogen-bond acceptors (Lipinski definition) is 5. The molecule has 0 saturated carbocycles. The van der Waals surface area contributed by atoms with Crippen molar-refractivity contribution < 1.29 is 0 Å². The Kier molecular flexibility index (Phi) is 5.06. The van der Waals surface area contributed by atoms with Crippen molar-refractivity contribution in [2.24, 2.45) is 0 Å². The molecule has 20 heavy (non-hydrogen) atoms. The Morgan fingerprint density at radius 3 is 2.70 bits per heavy atom. The van der Waals surface area contributed by atoms with E-state index in [1.165, 1.54) is 43.8 Å². The van der Waals surface area contributed by atoms with E-state index in [9.17, 15) is 0 Å². The molecular weight excluding hydrogens is 286 g/mol. The minimum Gasteiger partial charge on any atom is -0.303 e. The highest BCUT2D eigenvalue weighted by molar-refractivity contribution is 7.99. The highest BCUT2D eigenvalue weighted by atomic mass is 32.2. The highest BCUT2D eigenvalue weighted by Crippen LogP contribution is 2.23. The molecule has 0 N–H and O–H groups in total. The SMILES string of the molecule is c1csc(-c2ccc(SCCN3CCCCC3)nn2)c1. The molecule has 3 nitrogen and oxygen atoms in total. The van der Waals surface area contributed by atoms with Crippen LogP contribution in [0, 0.1) is 0 Å². The van der Waals surface area contributed by atoms with E-state index in [1.807, 2.05) is 17.8 Å². The summed E-state index contributed by atoms with van der Waals surface area (Å²) in [7, 11) is 0. The number of thioether (sulfide) groups is 1. The van der Waals surface area contributed by atoms with Gasteiger partial charge >= 0.3 is 0 Å². The van der Waals surface area contributed by atoms with Crippen molar-refractivity contribution in [2.75, 3.05) is 25.4 Å². The molecule has 3 rings (SSSR count). The Hall–Kier alpha value is -0.910. The van der Waals surface area contributed by atoms with Crippen LogP contribution in [0.4, 0.5) is 0 Å². The van der Waals surface area contributed by atoms with Gasteiger partial charge in [-0.15, -0.1) is 33.3 Å². The summed E-state index contributed by atoms with van der Waals surface area (Å²) in [6.07, 6.45) is 4.12. The number of likely N-dealkylation sites (tertiary alicyclic amines) is 1. The molecule has 5 heteroatoms. The van der Waals surface area contributed by atoms with Gasteiger partial charge in [-0.25, -0.2) is 0 Å². The summed E-state index contributed by atoms with van der Waals surface area (Å²) in [5.74, 6) is 1.10. The number of piperidine rings is 1. The van der Waals surface area contributed by atoms with Crippen LogP contribution in [-0.2, 0) is 0 Å². The summed E-state index contributed by atoms with van der Waals surface area (Å²) in [5, 5.41) is 11.7. The molecular formula is C15H19N3S2. The van der Waals surface area contributed by atoms with Crippen LogP contribution in [0.5, 0.6) is 0 Å². The van der Waals surface area contributed by atoms with Crippen LogP contribution >= 0.6 is 23.1 Å². The van der Waals surface area contributed by atoms with Crippen molar-refractivity contribution >= 4 is 23.1 Å². The van der Waals surface area contributed by atoms with E-state index < -0.39 is 0 Å². The van der Waals surface area contributed by atoms with Crippen molar-refractivity contribution in [3.8, 4) is 10.6 Å². The zero-order valence-electron chi connectivity index (χ0n) is 11.5. The van der Waals surface area contributed by atoms with Crippen LogP contribution < -0.4 is 0 Å². The van der Waals surface area contributed by atoms with Crippen LogP contribution in [0.1, 0.15) is 19.3 Å².